The Bertz CT molecular complexity index is 586. The van der Waals surface area contributed by atoms with E-state index in [2.05, 4.69) is 10.3 Å². The Morgan fingerprint density at radius 1 is 1.32 bits per heavy atom. The number of amides is 1. The molecule has 0 aliphatic heterocycles. The van der Waals surface area contributed by atoms with Crippen LogP contribution in [0.25, 0.3) is 0 Å². The van der Waals surface area contributed by atoms with E-state index >= 15 is 0 Å². The third-order valence-electron chi connectivity index (χ3n) is 2.60. The van der Waals surface area contributed by atoms with Crippen molar-refractivity contribution in [1.82, 2.24) is 4.98 Å². The van der Waals surface area contributed by atoms with Gasteiger partial charge in [-0.1, -0.05) is 12.1 Å². The molecule has 5 heteroatoms. The van der Waals surface area contributed by atoms with E-state index in [0.29, 0.717) is 18.5 Å². The Morgan fingerprint density at radius 3 is 2.84 bits per heavy atom. The molecule has 0 radical (unpaired) electrons. The first-order valence-electron chi connectivity index (χ1n) is 5.91. The van der Waals surface area contributed by atoms with Crippen molar-refractivity contribution < 1.29 is 9.18 Å². The van der Waals surface area contributed by atoms with E-state index in [1.807, 2.05) is 0 Å². The number of hydrogen-bond acceptors (Lipinski definition) is 3. The molecule has 0 saturated carbocycles. The van der Waals surface area contributed by atoms with Crippen LogP contribution in [-0.2, 0) is 6.42 Å². The molecule has 0 atom stereocenters. The summed E-state index contributed by atoms with van der Waals surface area (Å²) in [6.07, 6.45) is 2.14. The minimum absolute atomic E-state index is 0.157. The van der Waals surface area contributed by atoms with E-state index < -0.39 is 5.82 Å². The number of rotatable bonds is 4. The van der Waals surface area contributed by atoms with Gasteiger partial charge in [-0.25, -0.2) is 4.39 Å². The predicted octanol–water partition coefficient (Wildman–Crippen LogP) is 1.97. The van der Waals surface area contributed by atoms with Crippen LogP contribution in [0.1, 0.15) is 16.1 Å². The van der Waals surface area contributed by atoms with Crippen molar-refractivity contribution in [3.63, 3.8) is 0 Å². The molecule has 19 heavy (non-hydrogen) atoms. The Kier molecular flexibility index (Phi) is 4.20. The second-order valence-corrected chi connectivity index (χ2v) is 4.01. The van der Waals surface area contributed by atoms with Crippen molar-refractivity contribution in [2.24, 2.45) is 5.73 Å². The first-order chi connectivity index (χ1) is 9.20. The topological polar surface area (TPSA) is 68.0 Å². The summed E-state index contributed by atoms with van der Waals surface area (Å²) < 4.78 is 13.4. The number of nitrogens with two attached hydrogens (primary N) is 1. The Hall–Kier alpha value is -2.27. The number of hydrogen-bond donors (Lipinski definition) is 2. The molecule has 0 saturated heterocycles. The molecule has 0 aliphatic carbocycles. The molecule has 98 valence electrons. The zero-order valence-electron chi connectivity index (χ0n) is 10.3. The summed E-state index contributed by atoms with van der Waals surface area (Å²) in [5.41, 5.74) is 6.77. The SMILES string of the molecule is NCCc1cc(C(=O)Nc2ccccc2F)ccn1. The highest BCUT2D eigenvalue weighted by Gasteiger charge is 2.09. The van der Waals surface area contributed by atoms with Crippen molar-refractivity contribution in [2.45, 2.75) is 6.42 Å². The molecule has 1 amide bonds. The van der Waals surface area contributed by atoms with E-state index in [-0.39, 0.29) is 11.6 Å². The van der Waals surface area contributed by atoms with Crippen molar-refractivity contribution in [1.29, 1.82) is 0 Å². The number of anilines is 1. The summed E-state index contributed by atoms with van der Waals surface area (Å²) in [5, 5.41) is 2.52. The number of para-hydroxylation sites is 1. The lowest BCUT2D eigenvalue weighted by Crippen LogP contribution is -2.14. The minimum atomic E-state index is -0.466. The van der Waals surface area contributed by atoms with Crippen molar-refractivity contribution in [3.8, 4) is 0 Å². The van der Waals surface area contributed by atoms with Crippen molar-refractivity contribution in [2.75, 3.05) is 11.9 Å². The number of nitrogens with one attached hydrogen (secondary N) is 1. The van der Waals surface area contributed by atoms with Gasteiger partial charge in [-0.3, -0.25) is 9.78 Å². The van der Waals surface area contributed by atoms with Gasteiger partial charge in [-0.05, 0) is 30.8 Å². The van der Waals surface area contributed by atoms with Crippen LogP contribution in [0.2, 0.25) is 0 Å². The van der Waals surface area contributed by atoms with Gasteiger partial charge in [0.05, 0.1) is 5.69 Å². The summed E-state index contributed by atoms with van der Waals surface area (Å²) >= 11 is 0. The summed E-state index contributed by atoms with van der Waals surface area (Å²) in [6, 6.07) is 9.26. The number of nitrogens with zero attached hydrogens (tertiary/aromatic N) is 1. The molecule has 1 aromatic heterocycles. The van der Waals surface area contributed by atoms with Gasteiger partial charge >= 0.3 is 0 Å². The van der Waals surface area contributed by atoms with Gasteiger partial charge in [0.1, 0.15) is 5.82 Å². The maximum absolute atomic E-state index is 13.4. The van der Waals surface area contributed by atoms with Crippen LogP contribution in [0, 0.1) is 5.82 Å². The third kappa shape index (κ3) is 3.35. The lowest BCUT2D eigenvalue weighted by molar-refractivity contribution is 0.102. The van der Waals surface area contributed by atoms with Gasteiger partial charge in [0.15, 0.2) is 0 Å². The van der Waals surface area contributed by atoms with Crippen LogP contribution in [-0.4, -0.2) is 17.4 Å². The molecule has 0 aliphatic rings. The Morgan fingerprint density at radius 2 is 2.11 bits per heavy atom. The minimum Gasteiger partial charge on any atom is -0.330 e. The number of benzene rings is 1. The molecule has 2 rings (SSSR count). The average Bonchev–Trinajstić information content (AvgIpc) is 2.42. The van der Waals surface area contributed by atoms with Crippen LogP contribution in [0.4, 0.5) is 10.1 Å². The fourth-order valence-electron chi connectivity index (χ4n) is 1.66. The molecule has 3 N–H and O–H groups in total. The number of carbonyl (C=O) groups excluding carboxylic acids is 1. The number of carbonyl (C=O) groups is 1. The molecule has 1 heterocycles. The third-order valence-corrected chi connectivity index (χ3v) is 2.60. The average molecular weight is 259 g/mol. The summed E-state index contributed by atoms with van der Waals surface area (Å²) in [7, 11) is 0. The lowest BCUT2D eigenvalue weighted by atomic mass is 10.2. The second-order valence-electron chi connectivity index (χ2n) is 4.01. The molecule has 0 spiro atoms. The molecular formula is C14H14FN3O. The number of halogens is 1. The normalized spacial score (nSPS) is 10.2. The van der Waals surface area contributed by atoms with Crippen molar-refractivity contribution in [3.05, 3.63) is 59.7 Å². The molecular weight excluding hydrogens is 245 g/mol. The van der Waals surface area contributed by atoms with E-state index in [4.69, 9.17) is 5.73 Å². The van der Waals surface area contributed by atoms with Gasteiger partial charge in [-0.15, -0.1) is 0 Å². The monoisotopic (exact) mass is 259 g/mol. The largest absolute Gasteiger partial charge is 0.330 e. The zero-order chi connectivity index (χ0) is 13.7. The van der Waals surface area contributed by atoms with Crippen LogP contribution in [0.3, 0.4) is 0 Å². The molecule has 2 aromatic rings. The fourth-order valence-corrected chi connectivity index (χ4v) is 1.66. The van der Waals surface area contributed by atoms with Crippen molar-refractivity contribution >= 4 is 11.6 Å². The Balaban J connectivity index is 2.16. The highest BCUT2D eigenvalue weighted by Crippen LogP contribution is 2.14. The summed E-state index contributed by atoms with van der Waals surface area (Å²) in [4.78, 5) is 16.1. The van der Waals surface area contributed by atoms with Crippen LogP contribution < -0.4 is 11.1 Å². The quantitative estimate of drug-likeness (QED) is 0.882. The lowest BCUT2D eigenvalue weighted by Gasteiger charge is -2.07. The molecule has 0 unspecified atom stereocenters. The van der Waals surface area contributed by atoms with E-state index in [1.54, 1.807) is 30.5 Å². The molecule has 1 aromatic carbocycles. The first kappa shape index (κ1) is 13.2. The zero-order valence-corrected chi connectivity index (χ0v) is 10.3. The maximum atomic E-state index is 13.4. The van der Waals surface area contributed by atoms with E-state index in [9.17, 15) is 9.18 Å². The van der Waals surface area contributed by atoms with Crippen LogP contribution >= 0.6 is 0 Å². The highest BCUT2D eigenvalue weighted by atomic mass is 19.1. The van der Waals surface area contributed by atoms with Crippen LogP contribution in [0.15, 0.2) is 42.6 Å². The van der Waals surface area contributed by atoms with Gasteiger partial charge in [0.25, 0.3) is 5.91 Å². The summed E-state index contributed by atoms with van der Waals surface area (Å²) in [6.45, 7) is 0.464. The number of pyridine rings is 1. The smallest absolute Gasteiger partial charge is 0.255 e. The number of aromatic nitrogens is 1. The fraction of sp³-hybridized carbons (Fsp3) is 0.143. The van der Waals surface area contributed by atoms with Gasteiger partial charge in [-0.2, -0.15) is 0 Å². The van der Waals surface area contributed by atoms with Gasteiger partial charge in [0, 0.05) is 23.9 Å². The second kappa shape index (κ2) is 6.06. The van der Waals surface area contributed by atoms with E-state index in [1.165, 1.54) is 12.1 Å². The Labute approximate surface area is 110 Å². The van der Waals surface area contributed by atoms with Gasteiger partial charge in [0.2, 0.25) is 0 Å². The van der Waals surface area contributed by atoms with Gasteiger partial charge < -0.3 is 11.1 Å². The van der Waals surface area contributed by atoms with E-state index in [0.717, 1.165) is 5.69 Å². The molecule has 0 fully saturated rings. The standard InChI is InChI=1S/C14H14FN3O/c15-12-3-1-2-4-13(12)18-14(19)10-6-8-17-11(9-10)5-7-16/h1-4,6,8-9H,5,7,16H2,(H,18,19). The highest BCUT2D eigenvalue weighted by molar-refractivity contribution is 6.04. The molecule has 0 bridgehead atoms. The molecule has 4 nitrogen and oxygen atoms in total. The predicted molar refractivity (Wildman–Crippen MR) is 71.3 cm³/mol. The summed E-state index contributed by atoms with van der Waals surface area (Å²) in [5.74, 6) is -0.835. The first-order valence-corrected chi connectivity index (χ1v) is 5.91. The van der Waals surface area contributed by atoms with Crippen LogP contribution in [0.5, 0.6) is 0 Å². The maximum Gasteiger partial charge on any atom is 0.255 e.